The van der Waals surface area contributed by atoms with E-state index in [9.17, 15) is 14.3 Å². The number of phenolic OH excluding ortho intramolecular Hbond substituents is 1. The third-order valence-electron chi connectivity index (χ3n) is 2.67. The average molecular weight is 272 g/mol. The third kappa shape index (κ3) is 3.20. The van der Waals surface area contributed by atoms with Gasteiger partial charge in [-0.1, -0.05) is 23.8 Å². The molecule has 0 bridgehead atoms. The lowest BCUT2D eigenvalue weighted by molar-refractivity contribution is 0.0951. The highest BCUT2D eigenvalue weighted by Crippen LogP contribution is 2.15. The van der Waals surface area contributed by atoms with E-state index in [4.69, 9.17) is 0 Å². The number of nitrogens with one attached hydrogen (secondary N) is 1. The molecule has 2 rings (SSSR count). The van der Waals surface area contributed by atoms with E-state index in [1.165, 1.54) is 30.5 Å². The van der Waals surface area contributed by atoms with Crippen LogP contribution in [0.5, 0.6) is 5.75 Å². The van der Waals surface area contributed by atoms with E-state index in [-0.39, 0.29) is 11.3 Å². The van der Waals surface area contributed by atoms with Crippen molar-refractivity contribution >= 4 is 12.1 Å². The Morgan fingerprint density at radius 1 is 1.30 bits per heavy atom. The number of halogens is 1. The van der Waals surface area contributed by atoms with Crippen molar-refractivity contribution < 1.29 is 14.3 Å². The number of aryl methyl sites for hydroxylation is 1. The molecule has 102 valence electrons. The molecule has 0 unspecified atom stereocenters. The standard InChI is InChI=1S/C15H13FN2O2/c1-10-6-7-14(19)11(8-10)9-17-18-15(20)12-4-2-3-5-13(12)16/h2-9,19H,1H3,(H,18,20)/b17-9-. The molecular formula is C15H13FN2O2. The molecule has 5 heteroatoms. The van der Waals surface area contributed by atoms with Crippen LogP contribution in [-0.4, -0.2) is 17.2 Å². The quantitative estimate of drug-likeness (QED) is 0.666. The van der Waals surface area contributed by atoms with Gasteiger partial charge in [0.2, 0.25) is 0 Å². The number of amides is 1. The van der Waals surface area contributed by atoms with Crippen LogP contribution in [0.15, 0.2) is 47.6 Å². The molecule has 0 saturated carbocycles. The lowest BCUT2D eigenvalue weighted by atomic mass is 10.1. The van der Waals surface area contributed by atoms with Crippen molar-refractivity contribution in [2.75, 3.05) is 0 Å². The zero-order valence-corrected chi connectivity index (χ0v) is 10.8. The van der Waals surface area contributed by atoms with E-state index < -0.39 is 11.7 Å². The molecule has 0 aliphatic rings. The van der Waals surface area contributed by atoms with Crippen molar-refractivity contribution in [2.24, 2.45) is 5.10 Å². The van der Waals surface area contributed by atoms with Gasteiger partial charge in [-0.15, -0.1) is 0 Å². The number of nitrogens with zero attached hydrogens (tertiary/aromatic N) is 1. The van der Waals surface area contributed by atoms with Gasteiger partial charge in [-0.25, -0.2) is 9.82 Å². The van der Waals surface area contributed by atoms with Gasteiger partial charge in [0.15, 0.2) is 0 Å². The van der Waals surface area contributed by atoms with Crippen molar-refractivity contribution in [3.63, 3.8) is 0 Å². The minimum Gasteiger partial charge on any atom is -0.507 e. The first kappa shape index (κ1) is 13.7. The largest absolute Gasteiger partial charge is 0.507 e. The SMILES string of the molecule is Cc1ccc(O)c(/C=N\NC(=O)c2ccccc2F)c1. The van der Waals surface area contributed by atoms with Crippen LogP contribution in [0.3, 0.4) is 0 Å². The van der Waals surface area contributed by atoms with Crippen molar-refractivity contribution in [1.82, 2.24) is 5.43 Å². The predicted molar refractivity (Wildman–Crippen MR) is 74.3 cm³/mol. The Morgan fingerprint density at radius 3 is 2.80 bits per heavy atom. The summed E-state index contributed by atoms with van der Waals surface area (Å²) in [5.41, 5.74) is 3.55. The Balaban J connectivity index is 2.09. The highest BCUT2D eigenvalue weighted by atomic mass is 19.1. The molecule has 0 aliphatic heterocycles. The average Bonchev–Trinajstić information content (AvgIpc) is 2.43. The second kappa shape index (κ2) is 5.97. The van der Waals surface area contributed by atoms with Crippen LogP contribution in [0.25, 0.3) is 0 Å². The monoisotopic (exact) mass is 272 g/mol. The molecule has 0 aromatic heterocycles. The fourth-order valence-corrected chi connectivity index (χ4v) is 1.64. The van der Waals surface area contributed by atoms with Crippen LogP contribution in [0, 0.1) is 12.7 Å². The van der Waals surface area contributed by atoms with Crippen molar-refractivity contribution in [1.29, 1.82) is 0 Å². The zero-order valence-electron chi connectivity index (χ0n) is 10.8. The van der Waals surface area contributed by atoms with E-state index in [0.717, 1.165) is 5.56 Å². The van der Waals surface area contributed by atoms with Gasteiger partial charge in [0, 0.05) is 5.56 Å². The molecule has 2 N–H and O–H groups in total. The third-order valence-corrected chi connectivity index (χ3v) is 2.67. The van der Waals surface area contributed by atoms with Gasteiger partial charge >= 0.3 is 0 Å². The minimum absolute atomic E-state index is 0.0551. The number of phenols is 1. The number of hydrogen-bond donors (Lipinski definition) is 2. The summed E-state index contributed by atoms with van der Waals surface area (Å²) in [6.45, 7) is 1.87. The molecule has 2 aromatic carbocycles. The van der Waals surface area contributed by atoms with E-state index >= 15 is 0 Å². The highest BCUT2D eigenvalue weighted by molar-refractivity contribution is 5.95. The van der Waals surface area contributed by atoms with E-state index in [1.807, 2.05) is 6.92 Å². The first-order valence-electron chi connectivity index (χ1n) is 5.95. The molecule has 20 heavy (non-hydrogen) atoms. The Kier molecular flexibility index (Phi) is 4.10. The van der Waals surface area contributed by atoms with Gasteiger partial charge < -0.3 is 5.11 Å². The van der Waals surface area contributed by atoms with Gasteiger partial charge in [-0.2, -0.15) is 5.10 Å². The Morgan fingerprint density at radius 2 is 2.05 bits per heavy atom. The maximum atomic E-state index is 13.4. The second-order valence-corrected chi connectivity index (χ2v) is 4.24. The maximum Gasteiger partial charge on any atom is 0.274 e. The van der Waals surface area contributed by atoms with Crippen LogP contribution >= 0.6 is 0 Å². The minimum atomic E-state index is -0.647. The van der Waals surface area contributed by atoms with E-state index in [0.29, 0.717) is 5.56 Å². The number of carbonyl (C=O) groups excluding carboxylic acids is 1. The van der Waals surface area contributed by atoms with Crippen molar-refractivity contribution in [2.45, 2.75) is 6.92 Å². The summed E-state index contributed by atoms with van der Waals surface area (Å²) >= 11 is 0. The summed E-state index contributed by atoms with van der Waals surface area (Å²) < 4.78 is 13.4. The van der Waals surface area contributed by atoms with Crippen molar-refractivity contribution in [3.05, 3.63) is 65.0 Å². The van der Waals surface area contributed by atoms with Crippen LogP contribution in [0.1, 0.15) is 21.5 Å². The molecule has 0 fully saturated rings. The first-order valence-corrected chi connectivity index (χ1v) is 5.95. The molecule has 0 radical (unpaired) electrons. The molecule has 4 nitrogen and oxygen atoms in total. The van der Waals surface area contributed by atoms with Crippen LogP contribution in [0.2, 0.25) is 0 Å². The molecular weight excluding hydrogens is 259 g/mol. The first-order chi connectivity index (χ1) is 9.58. The summed E-state index contributed by atoms with van der Waals surface area (Å²) in [5, 5.41) is 13.3. The lowest BCUT2D eigenvalue weighted by Gasteiger charge is -2.02. The number of hydrazone groups is 1. The Hall–Kier alpha value is -2.69. The summed E-state index contributed by atoms with van der Waals surface area (Å²) in [5.74, 6) is -1.20. The number of benzene rings is 2. The van der Waals surface area contributed by atoms with Gasteiger partial charge in [-0.05, 0) is 31.2 Å². The molecule has 0 spiro atoms. The van der Waals surface area contributed by atoms with Gasteiger partial charge in [-0.3, -0.25) is 4.79 Å². The summed E-state index contributed by atoms with van der Waals surface area (Å²) in [4.78, 5) is 11.7. The number of aromatic hydroxyl groups is 1. The van der Waals surface area contributed by atoms with Gasteiger partial charge in [0.05, 0.1) is 11.8 Å². The second-order valence-electron chi connectivity index (χ2n) is 4.24. The topological polar surface area (TPSA) is 61.7 Å². The fourth-order valence-electron chi connectivity index (χ4n) is 1.64. The Labute approximate surface area is 115 Å². The predicted octanol–water partition coefficient (Wildman–Crippen LogP) is 2.60. The summed E-state index contributed by atoms with van der Waals surface area (Å²) in [6.07, 6.45) is 1.31. The molecule has 0 saturated heterocycles. The summed E-state index contributed by atoms with van der Waals surface area (Å²) in [7, 11) is 0. The number of hydrogen-bond acceptors (Lipinski definition) is 3. The zero-order chi connectivity index (χ0) is 14.5. The highest BCUT2D eigenvalue weighted by Gasteiger charge is 2.09. The number of rotatable bonds is 3. The maximum absolute atomic E-state index is 13.4. The smallest absolute Gasteiger partial charge is 0.274 e. The Bertz CT molecular complexity index is 669. The molecule has 0 atom stereocenters. The van der Waals surface area contributed by atoms with Crippen molar-refractivity contribution in [3.8, 4) is 5.75 Å². The fraction of sp³-hybridized carbons (Fsp3) is 0.0667. The number of carbonyl (C=O) groups is 1. The van der Waals surface area contributed by atoms with Crippen LogP contribution < -0.4 is 5.43 Å². The normalized spacial score (nSPS) is 10.7. The van der Waals surface area contributed by atoms with Crippen LogP contribution in [0.4, 0.5) is 4.39 Å². The van der Waals surface area contributed by atoms with E-state index in [2.05, 4.69) is 10.5 Å². The molecule has 0 heterocycles. The molecule has 1 amide bonds. The lowest BCUT2D eigenvalue weighted by Crippen LogP contribution is -2.18. The van der Waals surface area contributed by atoms with Crippen LogP contribution in [-0.2, 0) is 0 Å². The van der Waals surface area contributed by atoms with Gasteiger partial charge in [0.1, 0.15) is 11.6 Å². The van der Waals surface area contributed by atoms with Gasteiger partial charge in [0.25, 0.3) is 5.91 Å². The molecule has 0 aliphatic carbocycles. The summed E-state index contributed by atoms with van der Waals surface area (Å²) in [6, 6.07) is 10.6. The van der Waals surface area contributed by atoms with E-state index in [1.54, 1.807) is 18.2 Å². The molecule has 2 aromatic rings.